The number of hydrogen-bond acceptors (Lipinski definition) is 3. The third kappa shape index (κ3) is 1.95. The highest BCUT2D eigenvalue weighted by molar-refractivity contribution is 6.31. The molecule has 0 spiro atoms. The monoisotopic (exact) mass is 259 g/mol. The molecule has 1 aromatic carbocycles. The highest BCUT2D eigenvalue weighted by atomic mass is 35.5. The number of halogens is 1. The van der Waals surface area contributed by atoms with Crippen LogP contribution in [0.4, 0.5) is 5.82 Å². The minimum absolute atomic E-state index is 0.588. The summed E-state index contributed by atoms with van der Waals surface area (Å²) in [6, 6.07) is 7.86. The second kappa shape index (κ2) is 4.58. The summed E-state index contributed by atoms with van der Waals surface area (Å²) >= 11 is 6.18. The third-order valence-corrected chi connectivity index (χ3v) is 3.84. The van der Waals surface area contributed by atoms with Gasteiger partial charge in [0.25, 0.3) is 0 Å². The summed E-state index contributed by atoms with van der Waals surface area (Å²) in [4.78, 5) is 0. The second-order valence-electron chi connectivity index (χ2n) is 4.61. The molecule has 3 rings (SSSR count). The summed E-state index contributed by atoms with van der Waals surface area (Å²) in [7, 11) is 0. The summed E-state index contributed by atoms with van der Waals surface area (Å²) < 4.78 is 0. The zero-order chi connectivity index (χ0) is 12.5. The number of anilines is 1. The van der Waals surface area contributed by atoms with Gasteiger partial charge in [0, 0.05) is 17.0 Å². The summed E-state index contributed by atoms with van der Waals surface area (Å²) in [5.74, 6) is 0.588. The van der Waals surface area contributed by atoms with Gasteiger partial charge in [0.15, 0.2) is 0 Å². The van der Waals surface area contributed by atoms with Crippen molar-refractivity contribution in [3.63, 3.8) is 0 Å². The van der Waals surface area contributed by atoms with E-state index in [9.17, 15) is 0 Å². The molecule has 2 N–H and O–H groups in total. The first-order valence-corrected chi connectivity index (χ1v) is 6.49. The van der Waals surface area contributed by atoms with E-state index in [4.69, 9.17) is 17.3 Å². The number of nitrogen functional groups attached to an aromatic ring is 1. The molecular formula is C14H14ClN3. The maximum Gasteiger partial charge on any atom is 0.149 e. The van der Waals surface area contributed by atoms with Crippen molar-refractivity contribution in [2.75, 3.05) is 5.73 Å². The van der Waals surface area contributed by atoms with Crippen molar-refractivity contribution in [2.24, 2.45) is 0 Å². The molecule has 1 aliphatic carbocycles. The van der Waals surface area contributed by atoms with E-state index < -0.39 is 0 Å². The zero-order valence-corrected chi connectivity index (χ0v) is 10.7. The molecule has 0 unspecified atom stereocenters. The zero-order valence-electron chi connectivity index (χ0n) is 9.99. The van der Waals surface area contributed by atoms with Crippen LogP contribution in [0.2, 0.25) is 5.02 Å². The Morgan fingerprint density at radius 3 is 2.72 bits per heavy atom. The van der Waals surface area contributed by atoms with Gasteiger partial charge < -0.3 is 5.73 Å². The van der Waals surface area contributed by atoms with Gasteiger partial charge in [-0.3, -0.25) is 0 Å². The van der Waals surface area contributed by atoms with Crippen LogP contribution in [0.15, 0.2) is 24.3 Å². The highest BCUT2D eigenvalue weighted by Crippen LogP contribution is 2.29. The van der Waals surface area contributed by atoms with E-state index in [1.807, 2.05) is 24.3 Å². The van der Waals surface area contributed by atoms with Crippen molar-refractivity contribution in [2.45, 2.75) is 25.7 Å². The summed E-state index contributed by atoms with van der Waals surface area (Å²) in [5, 5.41) is 9.09. The largest absolute Gasteiger partial charge is 0.382 e. The van der Waals surface area contributed by atoms with Gasteiger partial charge in [0.05, 0.1) is 5.69 Å². The van der Waals surface area contributed by atoms with E-state index in [1.165, 1.54) is 11.1 Å². The lowest BCUT2D eigenvalue weighted by Gasteiger charge is -2.09. The molecule has 18 heavy (non-hydrogen) atoms. The van der Waals surface area contributed by atoms with Gasteiger partial charge in [-0.25, -0.2) is 0 Å². The molecule has 4 heteroatoms. The van der Waals surface area contributed by atoms with E-state index in [-0.39, 0.29) is 0 Å². The van der Waals surface area contributed by atoms with Crippen molar-refractivity contribution in [1.29, 1.82) is 0 Å². The second-order valence-corrected chi connectivity index (χ2v) is 5.02. The average molecular weight is 260 g/mol. The van der Waals surface area contributed by atoms with Gasteiger partial charge in [-0.05, 0) is 36.5 Å². The lowest BCUT2D eigenvalue weighted by atomic mass is 10.0. The van der Waals surface area contributed by atoms with Crippen molar-refractivity contribution in [3.05, 3.63) is 51.7 Å². The first kappa shape index (κ1) is 11.5. The number of benzene rings is 1. The topological polar surface area (TPSA) is 51.8 Å². The molecule has 0 radical (unpaired) electrons. The molecule has 0 atom stereocenters. The molecule has 0 fully saturated rings. The third-order valence-electron chi connectivity index (χ3n) is 3.47. The Bertz CT molecular complexity index is 596. The normalized spacial score (nSPS) is 13.6. The SMILES string of the molecule is Nc1nnc(Cc2ccccc2Cl)c2c1CCC2. The van der Waals surface area contributed by atoms with Gasteiger partial charge in [-0.1, -0.05) is 29.8 Å². The molecular weight excluding hydrogens is 246 g/mol. The van der Waals surface area contributed by atoms with Crippen LogP contribution in [0.5, 0.6) is 0 Å². The fourth-order valence-electron chi connectivity index (χ4n) is 2.54. The van der Waals surface area contributed by atoms with Crippen LogP contribution in [-0.4, -0.2) is 10.2 Å². The summed E-state index contributed by atoms with van der Waals surface area (Å²) in [5.41, 5.74) is 10.4. The molecule has 1 aliphatic rings. The average Bonchev–Trinajstić information content (AvgIpc) is 2.85. The molecule has 0 amide bonds. The number of nitrogens with two attached hydrogens (primary N) is 1. The molecule has 92 valence electrons. The molecule has 0 aliphatic heterocycles. The number of aromatic nitrogens is 2. The predicted molar refractivity (Wildman–Crippen MR) is 72.7 cm³/mol. The minimum Gasteiger partial charge on any atom is -0.382 e. The van der Waals surface area contributed by atoms with Crippen LogP contribution in [0.25, 0.3) is 0 Å². The number of rotatable bonds is 2. The Morgan fingerprint density at radius 2 is 1.89 bits per heavy atom. The highest BCUT2D eigenvalue weighted by Gasteiger charge is 2.20. The van der Waals surface area contributed by atoms with Gasteiger partial charge in [0.1, 0.15) is 5.82 Å². The van der Waals surface area contributed by atoms with Crippen molar-refractivity contribution < 1.29 is 0 Å². The smallest absolute Gasteiger partial charge is 0.149 e. The maximum atomic E-state index is 6.18. The van der Waals surface area contributed by atoms with E-state index in [1.54, 1.807) is 0 Å². The van der Waals surface area contributed by atoms with Gasteiger partial charge >= 0.3 is 0 Å². The van der Waals surface area contributed by atoms with Crippen molar-refractivity contribution >= 4 is 17.4 Å². The lowest BCUT2D eigenvalue weighted by Crippen LogP contribution is -2.06. The minimum atomic E-state index is 0.588. The van der Waals surface area contributed by atoms with Gasteiger partial charge in [-0.2, -0.15) is 5.10 Å². The van der Waals surface area contributed by atoms with Crippen LogP contribution in [-0.2, 0) is 19.3 Å². The van der Waals surface area contributed by atoms with Crippen LogP contribution in [0.3, 0.4) is 0 Å². The summed E-state index contributed by atoms with van der Waals surface area (Å²) in [6.07, 6.45) is 3.94. The molecule has 1 aromatic heterocycles. The quantitative estimate of drug-likeness (QED) is 0.902. The first-order valence-electron chi connectivity index (χ1n) is 6.12. The first-order chi connectivity index (χ1) is 8.75. The Balaban J connectivity index is 2.00. The van der Waals surface area contributed by atoms with Crippen LogP contribution < -0.4 is 5.73 Å². The molecule has 0 bridgehead atoms. The lowest BCUT2D eigenvalue weighted by molar-refractivity contribution is 0.891. The fourth-order valence-corrected chi connectivity index (χ4v) is 2.75. The Labute approximate surface area is 111 Å². The standard InChI is InChI=1S/C14H14ClN3/c15-12-7-2-1-4-9(12)8-13-10-5-3-6-11(10)14(16)18-17-13/h1-2,4,7H,3,5-6,8H2,(H2,16,18). The molecule has 1 heterocycles. The van der Waals surface area contributed by atoms with Gasteiger partial charge in [-0.15, -0.1) is 5.10 Å². The molecule has 3 nitrogen and oxygen atoms in total. The van der Waals surface area contributed by atoms with Crippen LogP contribution in [0, 0.1) is 0 Å². The van der Waals surface area contributed by atoms with E-state index in [2.05, 4.69) is 10.2 Å². The van der Waals surface area contributed by atoms with Crippen LogP contribution in [0.1, 0.15) is 28.8 Å². The van der Waals surface area contributed by atoms with Crippen molar-refractivity contribution in [3.8, 4) is 0 Å². The van der Waals surface area contributed by atoms with E-state index in [0.717, 1.165) is 42.0 Å². The van der Waals surface area contributed by atoms with Gasteiger partial charge in [0.2, 0.25) is 0 Å². The molecule has 0 saturated carbocycles. The van der Waals surface area contributed by atoms with Crippen molar-refractivity contribution in [1.82, 2.24) is 10.2 Å². The molecule has 2 aromatic rings. The molecule has 0 saturated heterocycles. The Hall–Kier alpha value is -1.61. The summed E-state index contributed by atoms with van der Waals surface area (Å²) in [6.45, 7) is 0. The van der Waals surface area contributed by atoms with Crippen LogP contribution >= 0.6 is 11.6 Å². The fraction of sp³-hybridized carbons (Fsp3) is 0.286. The number of nitrogens with zero attached hydrogens (tertiary/aromatic N) is 2. The number of fused-ring (bicyclic) bond motifs is 1. The predicted octanol–water partition coefficient (Wildman–Crippen LogP) is 2.79. The van der Waals surface area contributed by atoms with E-state index >= 15 is 0 Å². The van der Waals surface area contributed by atoms with E-state index in [0.29, 0.717) is 5.82 Å². The Morgan fingerprint density at radius 1 is 1.11 bits per heavy atom. The number of hydrogen-bond donors (Lipinski definition) is 1. The maximum absolute atomic E-state index is 6.18. The Kier molecular flexibility index (Phi) is 2.92.